The third-order valence-corrected chi connectivity index (χ3v) is 3.65. The van der Waals surface area contributed by atoms with Crippen molar-refractivity contribution in [1.82, 2.24) is 19.7 Å². The molecule has 6 heteroatoms. The molecule has 0 radical (unpaired) electrons. The lowest BCUT2D eigenvalue weighted by Gasteiger charge is -2.08. The minimum Gasteiger partial charge on any atom is -0.475 e. The van der Waals surface area contributed by atoms with E-state index in [2.05, 4.69) is 15.1 Å². The molecule has 2 aromatic heterocycles. The zero-order valence-corrected chi connectivity index (χ0v) is 11.1. The monoisotopic (exact) mass is 280 g/mol. The Bertz CT molecular complexity index is 847. The highest BCUT2D eigenvalue weighted by Crippen LogP contribution is 2.40. The molecule has 2 heterocycles. The fraction of sp³-hybridized carbons (Fsp3) is 0.200. The van der Waals surface area contributed by atoms with E-state index in [1.165, 1.54) is 0 Å². The van der Waals surface area contributed by atoms with Crippen LogP contribution in [-0.4, -0.2) is 30.8 Å². The zero-order valence-electron chi connectivity index (χ0n) is 11.1. The number of fused-ring (bicyclic) bond motifs is 1. The Kier molecular flexibility index (Phi) is 2.50. The van der Waals surface area contributed by atoms with E-state index in [0.717, 1.165) is 35.1 Å². The second-order valence-corrected chi connectivity index (χ2v) is 5.16. The Morgan fingerprint density at radius 1 is 1.29 bits per heavy atom. The Hall–Kier alpha value is -2.76. The highest BCUT2D eigenvalue weighted by molar-refractivity contribution is 5.89. The van der Waals surface area contributed by atoms with Crippen LogP contribution in [0.3, 0.4) is 0 Å². The SMILES string of the molecule is O=C(O)c1nc(C2CC2)n(-c2cccc3ccncc23)n1. The van der Waals surface area contributed by atoms with E-state index in [1.807, 2.05) is 24.3 Å². The third-order valence-electron chi connectivity index (χ3n) is 3.65. The Labute approximate surface area is 120 Å². The Balaban J connectivity index is 1.98. The second kappa shape index (κ2) is 4.37. The summed E-state index contributed by atoms with van der Waals surface area (Å²) in [6, 6.07) is 7.75. The zero-order chi connectivity index (χ0) is 14.4. The molecule has 1 fully saturated rings. The van der Waals surface area contributed by atoms with Gasteiger partial charge in [-0.3, -0.25) is 4.98 Å². The summed E-state index contributed by atoms with van der Waals surface area (Å²) in [5.74, 6) is -0.229. The summed E-state index contributed by atoms with van der Waals surface area (Å²) >= 11 is 0. The van der Waals surface area contributed by atoms with E-state index < -0.39 is 5.97 Å². The maximum atomic E-state index is 11.2. The molecule has 4 rings (SSSR count). The lowest BCUT2D eigenvalue weighted by Crippen LogP contribution is -2.04. The molecule has 0 bridgehead atoms. The molecule has 1 saturated carbocycles. The van der Waals surface area contributed by atoms with E-state index >= 15 is 0 Å². The van der Waals surface area contributed by atoms with Crippen molar-refractivity contribution in [3.05, 3.63) is 48.3 Å². The summed E-state index contributed by atoms with van der Waals surface area (Å²) < 4.78 is 1.66. The van der Waals surface area contributed by atoms with Gasteiger partial charge < -0.3 is 5.11 Å². The summed E-state index contributed by atoms with van der Waals surface area (Å²) in [7, 11) is 0. The molecule has 1 aliphatic carbocycles. The second-order valence-electron chi connectivity index (χ2n) is 5.16. The van der Waals surface area contributed by atoms with Gasteiger partial charge in [0.25, 0.3) is 5.82 Å². The number of pyridine rings is 1. The van der Waals surface area contributed by atoms with Crippen LogP contribution in [0, 0.1) is 0 Å². The van der Waals surface area contributed by atoms with Gasteiger partial charge in [-0.05, 0) is 30.4 Å². The Morgan fingerprint density at radius 3 is 2.90 bits per heavy atom. The van der Waals surface area contributed by atoms with Crippen LogP contribution in [0.1, 0.15) is 35.2 Å². The van der Waals surface area contributed by atoms with Crippen molar-refractivity contribution in [2.45, 2.75) is 18.8 Å². The summed E-state index contributed by atoms with van der Waals surface area (Å²) in [5.41, 5.74) is 0.822. The molecule has 0 aliphatic heterocycles. The first kappa shape index (κ1) is 12.0. The molecular formula is C15H12N4O2. The van der Waals surface area contributed by atoms with Gasteiger partial charge in [0.2, 0.25) is 0 Å². The van der Waals surface area contributed by atoms with Gasteiger partial charge in [0, 0.05) is 23.7 Å². The van der Waals surface area contributed by atoms with Crippen LogP contribution in [0.2, 0.25) is 0 Å². The first-order valence-electron chi connectivity index (χ1n) is 6.77. The highest BCUT2D eigenvalue weighted by Gasteiger charge is 2.31. The number of carbonyl (C=O) groups is 1. The number of aromatic nitrogens is 4. The molecule has 1 aliphatic rings. The fourth-order valence-corrected chi connectivity index (χ4v) is 2.48. The van der Waals surface area contributed by atoms with Crippen molar-refractivity contribution in [1.29, 1.82) is 0 Å². The third kappa shape index (κ3) is 1.96. The van der Waals surface area contributed by atoms with Crippen molar-refractivity contribution in [2.24, 2.45) is 0 Å². The van der Waals surface area contributed by atoms with E-state index in [-0.39, 0.29) is 5.82 Å². The number of aromatic carboxylic acids is 1. The van der Waals surface area contributed by atoms with Gasteiger partial charge in [0.05, 0.1) is 5.69 Å². The van der Waals surface area contributed by atoms with E-state index in [4.69, 9.17) is 5.11 Å². The van der Waals surface area contributed by atoms with Gasteiger partial charge in [-0.25, -0.2) is 14.5 Å². The molecule has 1 aromatic carbocycles. The van der Waals surface area contributed by atoms with E-state index in [0.29, 0.717) is 5.92 Å². The van der Waals surface area contributed by atoms with Crippen molar-refractivity contribution in [3.63, 3.8) is 0 Å². The van der Waals surface area contributed by atoms with Crippen LogP contribution in [0.5, 0.6) is 0 Å². The van der Waals surface area contributed by atoms with Crippen LogP contribution < -0.4 is 0 Å². The van der Waals surface area contributed by atoms with Crippen LogP contribution in [0.25, 0.3) is 16.5 Å². The average molecular weight is 280 g/mol. The molecule has 3 aromatic rings. The molecule has 6 nitrogen and oxygen atoms in total. The number of nitrogens with zero attached hydrogens (tertiary/aromatic N) is 4. The summed E-state index contributed by atoms with van der Waals surface area (Å²) in [4.78, 5) is 19.5. The molecular weight excluding hydrogens is 268 g/mol. The molecule has 0 spiro atoms. The first-order chi connectivity index (χ1) is 10.2. The van der Waals surface area contributed by atoms with Gasteiger partial charge in [-0.1, -0.05) is 12.1 Å². The molecule has 21 heavy (non-hydrogen) atoms. The van der Waals surface area contributed by atoms with E-state index in [1.54, 1.807) is 17.1 Å². The Morgan fingerprint density at radius 2 is 2.14 bits per heavy atom. The standard InChI is InChI=1S/C15H12N4O2/c20-15(21)13-17-14(10-4-5-10)19(18-13)12-3-1-2-9-6-7-16-8-11(9)12/h1-3,6-8,10H,4-5H2,(H,20,21). The van der Waals surface area contributed by atoms with Crippen molar-refractivity contribution >= 4 is 16.7 Å². The van der Waals surface area contributed by atoms with Crippen LogP contribution in [0.4, 0.5) is 0 Å². The maximum Gasteiger partial charge on any atom is 0.375 e. The molecule has 0 unspecified atom stereocenters. The van der Waals surface area contributed by atoms with Gasteiger partial charge in [0.1, 0.15) is 5.82 Å². The molecule has 1 N–H and O–H groups in total. The molecule has 0 saturated heterocycles. The quantitative estimate of drug-likeness (QED) is 0.796. The maximum absolute atomic E-state index is 11.2. The minimum atomic E-state index is -1.10. The first-order valence-corrected chi connectivity index (χ1v) is 6.77. The summed E-state index contributed by atoms with van der Waals surface area (Å²) in [6.45, 7) is 0. The number of rotatable bonds is 3. The summed E-state index contributed by atoms with van der Waals surface area (Å²) in [5, 5.41) is 15.3. The van der Waals surface area contributed by atoms with Gasteiger partial charge in [0.15, 0.2) is 0 Å². The van der Waals surface area contributed by atoms with Crippen LogP contribution >= 0.6 is 0 Å². The van der Waals surface area contributed by atoms with E-state index in [9.17, 15) is 4.79 Å². The van der Waals surface area contributed by atoms with Crippen molar-refractivity contribution < 1.29 is 9.90 Å². The molecule has 0 atom stereocenters. The predicted molar refractivity (Wildman–Crippen MR) is 75.6 cm³/mol. The van der Waals surface area contributed by atoms with Gasteiger partial charge >= 0.3 is 5.97 Å². The number of carboxylic acids is 1. The van der Waals surface area contributed by atoms with Crippen molar-refractivity contribution in [2.75, 3.05) is 0 Å². The topological polar surface area (TPSA) is 80.9 Å². The fourth-order valence-electron chi connectivity index (χ4n) is 2.48. The smallest absolute Gasteiger partial charge is 0.375 e. The van der Waals surface area contributed by atoms with Crippen LogP contribution in [0.15, 0.2) is 36.7 Å². The molecule has 0 amide bonds. The number of benzene rings is 1. The van der Waals surface area contributed by atoms with Gasteiger partial charge in [-0.15, -0.1) is 5.10 Å². The highest BCUT2D eigenvalue weighted by atomic mass is 16.4. The van der Waals surface area contributed by atoms with Gasteiger partial charge in [-0.2, -0.15) is 0 Å². The predicted octanol–water partition coefficient (Wildman–Crippen LogP) is 2.39. The lowest BCUT2D eigenvalue weighted by atomic mass is 10.1. The average Bonchev–Trinajstić information content (AvgIpc) is 3.25. The van der Waals surface area contributed by atoms with Crippen LogP contribution in [-0.2, 0) is 0 Å². The molecule has 104 valence electrons. The normalized spacial score (nSPS) is 14.5. The lowest BCUT2D eigenvalue weighted by molar-refractivity contribution is 0.0683. The number of hydrogen-bond donors (Lipinski definition) is 1. The largest absolute Gasteiger partial charge is 0.475 e. The number of hydrogen-bond acceptors (Lipinski definition) is 4. The summed E-state index contributed by atoms with van der Waals surface area (Å²) in [6.07, 6.45) is 5.56. The number of carboxylic acid groups (broad SMARTS) is 1. The minimum absolute atomic E-state index is 0.155. The van der Waals surface area contributed by atoms with Crippen molar-refractivity contribution in [3.8, 4) is 5.69 Å².